The molecule has 1 aliphatic heterocycles. The van der Waals surface area contributed by atoms with Crippen molar-refractivity contribution >= 4 is 34.7 Å². The summed E-state index contributed by atoms with van der Waals surface area (Å²) >= 11 is 3.28. The van der Waals surface area contributed by atoms with E-state index >= 15 is 0 Å². The van der Waals surface area contributed by atoms with Crippen LogP contribution in [0.4, 0.5) is 4.79 Å². The van der Waals surface area contributed by atoms with Gasteiger partial charge < -0.3 is 0 Å². The zero-order chi connectivity index (χ0) is 10.7. The van der Waals surface area contributed by atoms with Crippen molar-refractivity contribution in [3.05, 3.63) is 0 Å². The highest BCUT2D eigenvalue weighted by Crippen LogP contribution is 2.34. The predicted molar refractivity (Wildman–Crippen MR) is 59.6 cm³/mol. The maximum absolute atomic E-state index is 11.6. The first-order valence-electron chi connectivity index (χ1n) is 4.21. The maximum Gasteiger partial charge on any atom is 0.338 e. The van der Waals surface area contributed by atoms with E-state index in [0.717, 1.165) is 6.42 Å². The van der Waals surface area contributed by atoms with E-state index < -0.39 is 0 Å². The summed E-state index contributed by atoms with van der Waals surface area (Å²) in [6, 6.07) is -0.340. The Morgan fingerprint density at radius 2 is 2.36 bits per heavy atom. The van der Waals surface area contributed by atoms with Gasteiger partial charge in [-0.1, -0.05) is 15.5 Å². The van der Waals surface area contributed by atoms with E-state index in [-0.39, 0.29) is 17.6 Å². The van der Waals surface area contributed by atoms with Crippen LogP contribution in [0.15, 0.2) is 0 Å². The third kappa shape index (κ3) is 2.65. The highest BCUT2D eigenvalue weighted by Gasteiger charge is 2.34. The highest BCUT2D eigenvalue weighted by molar-refractivity contribution is 9.36. The molecule has 0 spiro atoms. The van der Waals surface area contributed by atoms with Gasteiger partial charge in [-0.3, -0.25) is 15.1 Å². The topological polar surface area (TPSA) is 52.7 Å². The molecule has 0 aromatic rings. The first-order valence-corrected chi connectivity index (χ1v) is 7.55. The number of rotatable bonds is 2. The van der Waals surface area contributed by atoms with E-state index in [9.17, 15) is 9.59 Å². The van der Waals surface area contributed by atoms with E-state index in [1.54, 1.807) is 14.1 Å². The Labute approximate surface area is 92.7 Å². The van der Waals surface area contributed by atoms with Crippen LogP contribution in [0.25, 0.3) is 0 Å². The van der Waals surface area contributed by atoms with Crippen LogP contribution in [0.1, 0.15) is 6.42 Å². The maximum atomic E-state index is 11.6. The summed E-state index contributed by atoms with van der Waals surface area (Å²) in [6.07, 6.45) is 0.753. The quantitative estimate of drug-likeness (QED) is 0.601. The van der Waals surface area contributed by atoms with Gasteiger partial charge in [0.05, 0.1) is 5.66 Å². The fraction of sp³-hybridized carbons (Fsp3) is 0.714. The van der Waals surface area contributed by atoms with Gasteiger partial charge in [0.1, 0.15) is 0 Å². The van der Waals surface area contributed by atoms with Gasteiger partial charge in [0.2, 0.25) is 5.91 Å². The number of carbonyl (C=O) groups is 2. The summed E-state index contributed by atoms with van der Waals surface area (Å²) in [5.41, 5.74) is 2.52. The molecule has 0 radical (unpaired) electrons. The number of nitrogens with zero attached hydrogens (tertiary/aromatic N) is 2. The molecule has 2 unspecified atom stereocenters. The number of carbonyl (C=O) groups excluding carboxylic acids is 2. The molecule has 14 heavy (non-hydrogen) atoms. The van der Waals surface area contributed by atoms with E-state index in [4.69, 9.17) is 0 Å². The molecule has 5 nitrogen and oxygen atoms in total. The Morgan fingerprint density at radius 1 is 1.71 bits per heavy atom. The summed E-state index contributed by atoms with van der Waals surface area (Å²) in [4.78, 5) is 24.3. The summed E-state index contributed by atoms with van der Waals surface area (Å²) < 4.78 is 0. The van der Waals surface area contributed by atoms with Gasteiger partial charge >= 0.3 is 6.03 Å². The summed E-state index contributed by atoms with van der Waals surface area (Å²) in [7, 11) is 3.82. The molecule has 1 heterocycles. The van der Waals surface area contributed by atoms with Crippen LogP contribution in [0.2, 0.25) is 0 Å². The monoisotopic (exact) mass is 281 g/mol. The van der Waals surface area contributed by atoms with Crippen LogP contribution in [0, 0.1) is 0 Å². The molecular formula is C7H13BrN3O2P. The first-order chi connectivity index (χ1) is 6.56. The third-order valence-electron chi connectivity index (χ3n) is 1.90. The Bertz CT molecular complexity index is 249. The second-order valence-electron chi connectivity index (χ2n) is 3.25. The number of nitrogens with one attached hydrogen (secondary N) is 1. The molecule has 0 saturated carbocycles. The zero-order valence-corrected chi connectivity index (χ0v) is 10.7. The minimum Gasteiger partial charge on any atom is -0.274 e. The van der Waals surface area contributed by atoms with Crippen molar-refractivity contribution in [3.8, 4) is 0 Å². The molecule has 0 aromatic carbocycles. The lowest BCUT2D eigenvalue weighted by Crippen LogP contribution is -2.47. The standard InChI is InChI=1S/C7H13BrN3O2P/c1-10(2)9-7(13)11-4-3-5(14-8)6(11)12/h5,14H,3-4H2,1-2H3,(H,9,13). The zero-order valence-electron chi connectivity index (χ0n) is 8.08. The summed E-state index contributed by atoms with van der Waals surface area (Å²) in [6.45, 7) is 0.516. The number of likely N-dealkylation sites (tertiary alicyclic amines) is 1. The molecule has 1 saturated heterocycles. The Balaban J connectivity index is 2.54. The molecule has 2 atom stereocenters. The molecule has 3 amide bonds. The van der Waals surface area contributed by atoms with E-state index in [0.29, 0.717) is 13.8 Å². The molecule has 1 N–H and O–H groups in total. The van der Waals surface area contributed by atoms with E-state index in [2.05, 4.69) is 20.9 Å². The number of imide groups is 1. The summed E-state index contributed by atoms with van der Waals surface area (Å²) in [5.74, 6) is -0.0837. The van der Waals surface area contributed by atoms with Crippen molar-refractivity contribution in [1.29, 1.82) is 0 Å². The number of hydrazine groups is 1. The van der Waals surface area contributed by atoms with Crippen LogP contribution in [-0.4, -0.2) is 48.1 Å². The van der Waals surface area contributed by atoms with E-state index in [1.165, 1.54) is 9.91 Å². The first kappa shape index (κ1) is 11.9. The van der Waals surface area contributed by atoms with Crippen molar-refractivity contribution in [2.75, 3.05) is 20.6 Å². The van der Waals surface area contributed by atoms with Gasteiger partial charge in [0, 0.05) is 20.6 Å². The molecular weight excluding hydrogens is 269 g/mol. The number of hydrogen-bond donors (Lipinski definition) is 1. The lowest BCUT2D eigenvalue weighted by atomic mass is 10.4. The molecule has 0 bridgehead atoms. The normalized spacial score (nSPS) is 22.7. The van der Waals surface area contributed by atoms with Gasteiger partial charge in [-0.2, -0.15) is 0 Å². The smallest absolute Gasteiger partial charge is 0.274 e. The second kappa shape index (κ2) is 5.05. The fourth-order valence-corrected chi connectivity index (χ4v) is 3.00. The largest absolute Gasteiger partial charge is 0.338 e. The van der Waals surface area contributed by atoms with Gasteiger partial charge in [0.15, 0.2) is 0 Å². The van der Waals surface area contributed by atoms with Crippen LogP contribution < -0.4 is 5.43 Å². The average Bonchev–Trinajstić information content (AvgIpc) is 2.45. The van der Waals surface area contributed by atoms with Crippen molar-refractivity contribution in [2.24, 2.45) is 0 Å². The SMILES string of the molecule is CN(C)NC(=O)N1CCC(PBr)C1=O. The predicted octanol–water partition coefficient (Wildman–Crippen LogP) is 0.762. The van der Waals surface area contributed by atoms with E-state index in [1.807, 2.05) is 0 Å². The Hall–Kier alpha value is -0.190. The summed E-state index contributed by atoms with van der Waals surface area (Å²) in [5, 5.41) is 1.53. The van der Waals surface area contributed by atoms with Crippen LogP contribution in [0.3, 0.4) is 0 Å². The van der Waals surface area contributed by atoms with Gasteiger partial charge in [-0.15, -0.1) is 0 Å². The molecule has 80 valence electrons. The molecule has 0 aliphatic carbocycles. The van der Waals surface area contributed by atoms with Crippen molar-refractivity contribution in [3.63, 3.8) is 0 Å². The molecule has 1 fully saturated rings. The van der Waals surface area contributed by atoms with Crippen molar-refractivity contribution in [1.82, 2.24) is 15.3 Å². The Kier molecular flexibility index (Phi) is 4.29. The second-order valence-corrected chi connectivity index (χ2v) is 5.54. The lowest BCUT2D eigenvalue weighted by Gasteiger charge is -2.18. The Morgan fingerprint density at radius 3 is 2.79 bits per heavy atom. The van der Waals surface area contributed by atoms with Crippen LogP contribution in [-0.2, 0) is 4.79 Å². The van der Waals surface area contributed by atoms with Gasteiger partial charge in [-0.05, 0) is 13.7 Å². The minimum absolute atomic E-state index is 0.0251. The van der Waals surface area contributed by atoms with Crippen LogP contribution in [0.5, 0.6) is 0 Å². The van der Waals surface area contributed by atoms with Gasteiger partial charge in [0.25, 0.3) is 0 Å². The molecule has 7 heteroatoms. The number of amides is 3. The molecule has 0 aromatic heterocycles. The average molecular weight is 282 g/mol. The van der Waals surface area contributed by atoms with Gasteiger partial charge in [-0.25, -0.2) is 9.80 Å². The lowest BCUT2D eigenvalue weighted by molar-refractivity contribution is -0.124. The fourth-order valence-electron chi connectivity index (χ4n) is 1.23. The van der Waals surface area contributed by atoms with Crippen molar-refractivity contribution < 1.29 is 9.59 Å². The highest BCUT2D eigenvalue weighted by atomic mass is 79.9. The number of urea groups is 1. The van der Waals surface area contributed by atoms with Crippen LogP contribution >= 0.6 is 22.8 Å². The molecule has 1 rings (SSSR count). The minimum atomic E-state index is -0.340. The molecule has 1 aliphatic rings. The third-order valence-corrected chi connectivity index (χ3v) is 4.36. The number of hydrogen-bond acceptors (Lipinski definition) is 3. The van der Waals surface area contributed by atoms with Crippen molar-refractivity contribution in [2.45, 2.75) is 12.1 Å². The number of halogens is 1.